The van der Waals surface area contributed by atoms with E-state index >= 15 is 0 Å². The highest BCUT2D eigenvalue weighted by molar-refractivity contribution is 8.00. The molecule has 0 aliphatic heterocycles. The van der Waals surface area contributed by atoms with E-state index in [0.717, 1.165) is 5.56 Å². The van der Waals surface area contributed by atoms with Gasteiger partial charge in [0.1, 0.15) is 5.75 Å². The second-order valence-corrected chi connectivity index (χ2v) is 5.88. The molecule has 1 amide bonds. The van der Waals surface area contributed by atoms with Gasteiger partial charge in [0.2, 0.25) is 5.91 Å². The van der Waals surface area contributed by atoms with E-state index in [1.807, 2.05) is 6.92 Å². The summed E-state index contributed by atoms with van der Waals surface area (Å²) >= 11 is 7.40. The smallest absolute Gasteiger partial charge is 0.237 e. The molecule has 0 aliphatic rings. The Morgan fingerprint density at radius 1 is 1.58 bits per heavy atom. The van der Waals surface area contributed by atoms with Gasteiger partial charge in [0.25, 0.3) is 0 Å². The molecule has 4 nitrogen and oxygen atoms in total. The van der Waals surface area contributed by atoms with Crippen LogP contribution in [0.15, 0.2) is 12.1 Å². The Hall–Kier alpha value is -0.910. The molecule has 1 aromatic carbocycles. The first-order valence-electron chi connectivity index (χ1n) is 5.87. The molecule has 1 unspecified atom stereocenters. The van der Waals surface area contributed by atoms with Gasteiger partial charge in [0.15, 0.2) is 0 Å². The van der Waals surface area contributed by atoms with Crippen LogP contribution >= 0.6 is 23.4 Å². The topological polar surface area (TPSA) is 58.6 Å². The number of methoxy groups -OCH3 is 1. The van der Waals surface area contributed by atoms with Crippen LogP contribution in [0.25, 0.3) is 0 Å². The quantitative estimate of drug-likeness (QED) is 0.848. The molecule has 0 saturated heterocycles. The number of nitrogens with one attached hydrogen (secondary N) is 1. The Morgan fingerprint density at radius 2 is 2.26 bits per heavy atom. The number of thioether (sulfide) groups is 1. The fraction of sp³-hybridized carbons (Fsp3) is 0.462. The molecule has 1 atom stereocenters. The van der Waals surface area contributed by atoms with E-state index in [1.54, 1.807) is 19.1 Å². The van der Waals surface area contributed by atoms with Gasteiger partial charge in [0.05, 0.1) is 24.7 Å². The van der Waals surface area contributed by atoms with Crippen molar-refractivity contribution in [2.45, 2.75) is 19.1 Å². The van der Waals surface area contributed by atoms with Crippen LogP contribution in [-0.4, -0.2) is 35.7 Å². The molecule has 0 aromatic heterocycles. The van der Waals surface area contributed by atoms with Gasteiger partial charge in [-0.15, -0.1) is 11.8 Å². The lowest BCUT2D eigenvalue weighted by Crippen LogP contribution is -2.23. The summed E-state index contributed by atoms with van der Waals surface area (Å²) in [5.41, 5.74) is 1.47. The Morgan fingerprint density at radius 3 is 2.84 bits per heavy atom. The summed E-state index contributed by atoms with van der Waals surface area (Å²) in [4.78, 5) is 12.0. The molecular formula is C13H18ClNO3S. The van der Waals surface area contributed by atoms with E-state index in [2.05, 4.69) is 5.32 Å². The standard InChI is InChI=1S/C13H18ClNO3S/c1-8-6-11(12(18-3)7-10(8)14)15-13(17)9(2)19-5-4-16/h6-7,9,16H,4-5H2,1-3H3,(H,15,17). The molecule has 0 aliphatic carbocycles. The zero-order chi connectivity index (χ0) is 14.4. The number of hydrogen-bond acceptors (Lipinski definition) is 4. The third-order valence-corrected chi connectivity index (χ3v) is 4.11. The van der Waals surface area contributed by atoms with Crippen LogP contribution < -0.4 is 10.1 Å². The van der Waals surface area contributed by atoms with Gasteiger partial charge in [-0.2, -0.15) is 0 Å². The Labute approximate surface area is 122 Å². The first-order chi connectivity index (χ1) is 8.99. The average molecular weight is 304 g/mol. The van der Waals surface area contributed by atoms with Crippen molar-refractivity contribution >= 4 is 35.0 Å². The highest BCUT2D eigenvalue weighted by atomic mass is 35.5. The van der Waals surface area contributed by atoms with Gasteiger partial charge in [0, 0.05) is 16.8 Å². The van der Waals surface area contributed by atoms with Crippen LogP contribution in [0.5, 0.6) is 5.75 Å². The number of aliphatic hydroxyl groups excluding tert-OH is 1. The van der Waals surface area contributed by atoms with E-state index in [-0.39, 0.29) is 17.8 Å². The molecule has 0 bridgehead atoms. The summed E-state index contributed by atoms with van der Waals surface area (Å²) in [6, 6.07) is 3.46. The number of rotatable bonds is 6. The second kappa shape index (κ2) is 7.62. The maximum Gasteiger partial charge on any atom is 0.237 e. The molecule has 0 spiro atoms. The van der Waals surface area contributed by atoms with Crippen molar-refractivity contribution in [3.8, 4) is 5.75 Å². The third kappa shape index (κ3) is 4.60. The Kier molecular flexibility index (Phi) is 6.48. The van der Waals surface area contributed by atoms with Crippen molar-refractivity contribution in [2.75, 3.05) is 24.8 Å². The summed E-state index contributed by atoms with van der Waals surface area (Å²) in [5, 5.41) is 11.9. The monoisotopic (exact) mass is 303 g/mol. The van der Waals surface area contributed by atoms with Crippen molar-refractivity contribution in [3.63, 3.8) is 0 Å². The number of anilines is 1. The minimum absolute atomic E-state index is 0.0612. The summed E-state index contributed by atoms with van der Waals surface area (Å²) in [7, 11) is 1.53. The molecule has 1 aromatic rings. The summed E-state index contributed by atoms with van der Waals surface area (Å²) in [5.74, 6) is 0.938. The van der Waals surface area contributed by atoms with E-state index in [9.17, 15) is 4.79 Å². The maximum absolute atomic E-state index is 12.0. The zero-order valence-corrected chi connectivity index (χ0v) is 12.8. The van der Waals surface area contributed by atoms with Gasteiger partial charge in [-0.05, 0) is 25.5 Å². The molecule has 0 fully saturated rings. The van der Waals surface area contributed by atoms with Gasteiger partial charge in [-0.1, -0.05) is 11.6 Å². The van der Waals surface area contributed by atoms with Gasteiger partial charge in [-0.3, -0.25) is 4.79 Å². The van der Waals surface area contributed by atoms with E-state index in [1.165, 1.54) is 18.9 Å². The lowest BCUT2D eigenvalue weighted by Gasteiger charge is -2.15. The second-order valence-electron chi connectivity index (χ2n) is 4.03. The maximum atomic E-state index is 12.0. The third-order valence-electron chi connectivity index (χ3n) is 2.57. The highest BCUT2D eigenvalue weighted by Gasteiger charge is 2.16. The number of carbonyl (C=O) groups is 1. The molecule has 2 N–H and O–H groups in total. The highest BCUT2D eigenvalue weighted by Crippen LogP contribution is 2.31. The summed E-state index contributed by atoms with van der Waals surface area (Å²) < 4.78 is 5.20. The number of aryl methyl sites for hydroxylation is 1. The van der Waals surface area contributed by atoms with Crippen molar-refractivity contribution in [3.05, 3.63) is 22.7 Å². The summed E-state index contributed by atoms with van der Waals surface area (Å²) in [6.07, 6.45) is 0. The van der Waals surface area contributed by atoms with Crippen LogP contribution in [0.1, 0.15) is 12.5 Å². The van der Waals surface area contributed by atoms with E-state index < -0.39 is 0 Å². The zero-order valence-electron chi connectivity index (χ0n) is 11.2. The van der Waals surface area contributed by atoms with Crippen molar-refractivity contribution in [2.24, 2.45) is 0 Å². The first kappa shape index (κ1) is 16.1. The molecule has 6 heteroatoms. The fourth-order valence-corrected chi connectivity index (χ4v) is 2.29. The molecule has 0 saturated carbocycles. The van der Waals surface area contributed by atoms with Crippen LogP contribution in [0.3, 0.4) is 0 Å². The largest absolute Gasteiger partial charge is 0.495 e. The van der Waals surface area contributed by atoms with Crippen LogP contribution in [-0.2, 0) is 4.79 Å². The normalized spacial score (nSPS) is 12.1. The number of benzene rings is 1. The number of halogens is 1. The van der Waals surface area contributed by atoms with Gasteiger partial charge >= 0.3 is 0 Å². The molecule has 1 rings (SSSR count). The lowest BCUT2D eigenvalue weighted by molar-refractivity contribution is -0.115. The number of ether oxygens (including phenoxy) is 1. The van der Waals surface area contributed by atoms with E-state index in [4.69, 9.17) is 21.4 Å². The predicted molar refractivity (Wildman–Crippen MR) is 80.4 cm³/mol. The molecular weight excluding hydrogens is 286 g/mol. The number of carbonyl (C=O) groups excluding carboxylic acids is 1. The first-order valence-corrected chi connectivity index (χ1v) is 7.29. The lowest BCUT2D eigenvalue weighted by atomic mass is 10.2. The molecule has 106 valence electrons. The van der Waals surface area contributed by atoms with Crippen LogP contribution in [0.2, 0.25) is 5.02 Å². The Balaban J connectivity index is 2.81. The van der Waals surface area contributed by atoms with Crippen LogP contribution in [0.4, 0.5) is 5.69 Å². The van der Waals surface area contributed by atoms with Crippen molar-refractivity contribution in [1.82, 2.24) is 0 Å². The molecule has 0 heterocycles. The SMILES string of the molecule is COc1cc(Cl)c(C)cc1NC(=O)C(C)SCCO. The summed E-state index contributed by atoms with van der Waals surface area (Å²) in [6.45, 7) is 3.72. The minimum atomic E-state index is -0.243. The Bertz CT molecular complexity index is 454. The van der Waals surface area contributed by atoms with Gasteiger partial charge < -0.3 is 15.2 Å². The van der Waals surface area contributed by atoms with E-state index in [0.29, 0.717) is 22.2 Å². The van der Waals surface area contributed by atoms with Crippen molar-refractivity contribution < 1.29 is 14.6 Å². The number of hydrogen-bond donors (Lipinski definition) is 2. The number of aliphatic hydroxyl groups is 1. The average Bonchev–Trinajstić information content (AvgIpc) is 2.39. The number of amides is 1. The molecule has 0 radical (unpaired) electrons. The van der Waals surface area contributed by atoms with Gasteiger partial charge in [-0.25, -0.2) is 0 Å². The van der Waals surface area contributed by atoms with Crippen molar-refractivity contribution in [1.29, 1.82) is 0 Å². The van der Waals surface area contributed by atoms with Crippen LogP contribution in [0, 0.1) is 6.92 Å². The molecule has 19 heavy (non-hydrogen) atoms. The fourth-order valence-electron chi connectivity index (χ4n) is 1.47. The predicted octanol–water partition coefficient (Wildman–Crippen LogP) is 2.71. The minimum Gasteiger partial charge on any atom is -0.495 e.